The topological polar surface area (TPSA) is 77.8 Å². The second-order valence-corrected chi connectivity index (χ2v) is 5.07. The van der Waals surface area contributed by atoms with Crippen LogP contribution in [-0.4, -0.2) is 40.1 Å². The van der Waals surface area contributed by atoms with Gasteiger partial charge in [-0.3, -0.25) is 9.59 Å². The number of hydrogen-bond acceptors (Lipinski definition) is 3. The summed E-state index contributed by atoms with van der Waals surface area (Å²) in [5.74, 6) is -1.75. The lowest BCUT2D eigenvalue weighted by atomic mass is 10.1. The van der Waals surface area contributed by atoms with Crippen LogP contribution in [0.1, 0.15) is 24.2 Å². The molecule has 5 nitrogen and oxygen atoms in total. The van der Waals surface area contributed by atoms with Crippen molar-refractivity contribution in [2.24, 2.45) is 5.92 Å². The fourth-order valence-corrected chi connectivity index (χ4v) is 1.85. The molecule has 0 fully saturated rings. The summed E-state index contributed by atoms with van der Waals surface area (Å²) in [4.78, 5) is 24.2. The van der Waals surface area contributed by atoms with E-state index < -0.39 is 18.4 Å². The maximum absolute atomic E-state index is 12.2. The van der Waals surface area contributed by atoms with Crippen molar-refractivity contribution in [2.45, 2.75) is 13.8 Å². The molecule has 2 N–H and O–H groups in total. The van der Waals surface area contributed by atoms with Crippen molar-refractivity contribution in [1.29, 1.82) is 0 Å². The molecule has 0 spiro atoms. The minimum Gasteiger partial charge on any atom is -0.507 e. The molecular formula is C13H16ClNO4. The summed E-state index contributed by atoms with van der Waals surface area (Å²) >= 11 is 5.78. The van der Waals surface area contributed by atoms with Crippen molar-refractivity contribution in [3.63, 3.8) is 0 Å². The number of halogens is 1. The molecule has 0 aliphatic heterocycles. The fraction of sp³-hybridized carbons (Fsp3) is 0.385. The van der Waals surface area contributed by atoms with Crippen LogP contribution in [0.5, 0.6) is 5.75 Å². The molecule has 1 aromatic rings. The summed E-state index contributed by atoms with van der Waals surface area (Å²) in [6, 6.07) is 4.09. The number of hydrogen-bond donors (Lipinski definition) is 2. The Kier molecular flexibility index (Phi) is 5.18. The van der Waals surface area contributed by atoms with Crippen molar-refractivity contribution >= 4 is 23.5 Å². The number of nitrogens with zero attached hydrogens (tertiary/aromatic N) is 1. The van der Waals surface area contributed by atoms with Crippen LogP contribution >= 0.6 is 11.6 Å². The van der Waals surface area contributed by atoms with Gasteiger partial charge in [0.25, 0.3) is 5.91 Å². The highest BCUT2D eigenvalue weighted by Gasteiger charge is 2.22. The summed E-state index contributed by atoms with van der Waals surface area (Å²) in [6.45, 7) is 3.62. The van der Waals surface area contributed by atoms with Crippen LogP contribution in [-0.2, 0) is 4.79 Å². The Morgan fingerprint density at radius 2 is 2.00 bits per heavy atom. The molecule has 1 rings (SSSR count). The molecule has 19 heavy (non-hydrogen) atoms. The molecule has 0 bridgehead atoms. The first-order chi connectivity index (χ1) is 8.81. The number of benzene rings is 1. The van der Waals surface area contributed by atoms with Crippen LogP contribution in [0.15, 0.2) is 18.2 Å². The summed E-state index contributed by atoms with van der Waals surface area (Å²) in [5, 5.41) is 18.8. The lowest BCUT2D eigenvalue weighted by Gasteiger charge is -2.23. The van der Waals surface area contributed by atoms with E-state index in [-0.39, 0.29) is 23.8 Å². The predicted octanol–water partition coefficient (Wildman–Crippen LogP) is 2.23. The average Bonchev–Trinajstić information content (AvgIpc) is 2.29. The van der Waals surface area contributed by atoms with Gasteiger partial charge in [0.05, 0.1) is 5.56 Å². The molecule has 0 aromatic heterocycles. The van der Waals surface area contributed by atoms with Crippen molar-refractivity contribution in [3.05, 3.63) is 28.8 Å². The second kappa shape index (κ2) is 6.43. The van der Waals surface area contributed by atoms with Crippen molar-refractivity contribution in [1.82, 2.24) is 4.90 Å². The first kappa shape index (κ1) is 15.3. The molecule has 1 amide bonds. The third-order valence-corrected chi connectivity index (χ3v) is 2.62. The van der Waals surface area contributed by atoms with Gasteiger partial charge < -0.3 is 15.1 Å². The molecule has 0 atom stereocenters. The van der Waals surface area contributed by atoms with Crippen LogP contribution < -0.4 is 0 Å². The number of aromatic hydroxyl groups is 1. The van der Waals surface area contributed by atoms with Gasteiger partial charge in [-0.1, -0.05) is 25.4 Å². The minimum atomic E-state index is -1.10. The van der Waals surface area contributed by atoms with Crippen molar-refractivity contribution < 1.29 is 19.8 Å². The molecule has 0 radical (unpaired) electrons. The third-order valence-electron chi connectivity index (χ3n) is 2.39. The van der Waals surface area contributed by atoms with Gasteiger partial charge in [-0.15, -0.1) is 0 Å². The Labute approximate surface area is 116 Å². The Hall–Kier alpha value is -1.75. The van der Waals surface area contributed by atoms with Crippen LogP contribution in [0.4, 0.5) is 0 Å². The average molecular weight is 286 g/mol. The van der Waals surface area contributed by atoms with E-state index in [0.29, 0.717) is 5.02 Å². The van der Waals surface area contributed by atoms with E-state index in [4.69, 9.17) is 16.7 Å². The van der Waals surface area contributed by atoms with Crippen molar-refractivity contribution in [2.75, 3.05) is 13.1 Å². The second-order valence-electron chi connectivity index (χ2n) is 4.63. The molecule has 104 valence electrons. The summed E-state index contributed by atoms with van der Waals surface area (Å²) < 4.78 is 0. The van der Waals surface area contributed by atoms with E-state index in [1.165, 1.54) is 23.1 Å². The van der Waals surface area contributed by atoms with Gasteiger partial charge in [-0.25, -0.2) is 0 Å². The monoisotopic (exact) mass is 285 g/mol. The van der Waals surface area contributed by atoms with Crippen LogP contribution in [0.3, 0.4) is 0 Å². The number of amides is 1. The largest absolute Gasteiger partial charge is 0.507 e. The number of carboxylic acid groups (broad SMARTS) is 1. The number of carboxylic acids is 1. The quantitative estimate of drug-likeness (QED) is 0.869. The van der Waals surface area contributed by atoms with E-state index in [1.54, 1.807) is 0 Å². The zero-order valence-corrected chi connectivity index (χ0v) is 11.5. The molecule has 0 unspecified atom stereocenters. The summed E-state index contributed by atoms with van der Waals surface area (Å²) in [5.41, 5.74) is 0.00870. The Morgan fingerprint density at radius 3 is 2.53 bits per heavy atom. The highest BCUT2D eigenvalue weighted by atomic mass is 35.5. The number of carbonyl (C=O) groups is 2. The van der Waals surface area contributed by atoms with E-state index in [1.807, 2.05) is 13.8 Å². The number of rotatable bonds is 5. The smallest absolute Gasteiger partial charge is 0.323 e. The van der Waals surface area contributed by atoms with Crippen molar-refractivity contribution in [3.8, 4) is 5.75 Å². The van der Waals surface area contributed by atoms with Gasteiger partial charge in [-0.05, 0) is 24.1 Å². The molecule has 0 aliphatic carbocycles. The molecule has 0 aliphatic rings. The number of aliphatic carboxylic acids is 1. The third kappa shape index (κ3) is 4.44. The molecule has 0 heterocycles. The molecule has 0 saturated carbocycles. The van der Waals surface area contributed by atoms with Gasteiger partial charge in [0.1, 0.15) is 12.3 Å². The maximum Gasteiger partial charge on any atom is 0.323 e. The van der Waals surface area contributed by atoms with Gasteiger partial charge in [0, 0.05) is 11.6 Å². The van der Waals surface area contributed by atoms with Gasteiger partial charge in [0.15, 0.2) is 0 Å². The number of carbonyl (C=O) groups excluding carboxylic acids is 1. The number of phenols is 1. The molecule has 1 aromatic carbocycles. The standard InChI is InChI=1S/C13H16ClNO4/c1-8(2)6-15(7-12(17)18)13(19)10-5-9(14)3-4-11(10)16/h3-5,8,16H,6-7H2,1-2H3,(H,17,18). The minimum absolute atomic E-state index is 0.00870. The van der Waals surface area contributed by atoms with E-state index in [2.05, 4.69) is 0 Å². The van der Waals surface area contributed by atoms with E-state index >= 15 is 0 Å². The molecular weight excluding hydrogens is 270 g/mol. The highest BCUT2D eigenvalue weighted by Crippen LogP contribution is 2.23. The van der Waals surface area contributed by atoms with Crippen LogP contribution in [0, 0.1) is 5.92 Å². The fourth-order valence-electron chi connectivity index (χ4n) is 1.67. The van der Waals surface area contributed by atoms with Gasteiger partial charge >= 0.3 is 5.97 Å². The van der Waals surface area contributed by atoms with E-state index in [9.17, 15) is 14.7 Å². The van der Waals surface area contributed by atoms with Crippen LogP contribution in [0.25, 0.3) is 0 Å². The molecule has 6 heteroatoms. The predicted molar refractivity (Wildman–Crippen MR) is 71.5 cm³/mol. The Balaban J connectivity index is 3.03. The lowest BCUT2D eigenvalue weighted by Crippen LogP contribution is -2.38. The van der Waals surface area contributed by atoms with Gasteiger partial charge in [0.2, 0.25) is 0 Å². The first-order valence-electron chi connectivity index (χ1n) is 5.81. The maximum atomic E-state index is 12.2. The zero-order valence-electron chi connectivity index (χ0n) is 10.8. The molecule has 0 saturated heterocycles. The zero-order chi connectivity index (χ0) is 14.6. The Bertz CT molecular complexity index is 488. The lowest BCUT2D eigenvalue weighted by molar-refractivity contribution is -0.137. The Morgan fingerprint density at radius 1 is 1.37 bits per heavy atom. The normalized spacial score (nSPS) is 10.5. The van der Waals surface area contributed by atoms with E-state index in [0.717, 1.165) is 0 Å². The van der Waals surface area contributed by atoms with Crippen LogP contribution in [0.2, 0.25) is 5.02 Å². The van der Waals surface area contributed by atoms with Gasteiger partial charge in [-0.2, -0.15) is 0 Å². The summed E-state index contributed by atoms with van der Waals surface area (Å²) in [7, 11) is 0. The SMILES string of the molecule is CC(C)CN(CC(=O)O)C(=O)c1cc(Cl)ccc1O. The first-order valence-corrected chi connectivity index (χ1v) is 6.18. The highest BCUT2D eigenvalue weighted by molar-refractivity contribution is 6.31. The summed E-state index contributed by atoms with van der Waals surface area (Å²) in [6.07, 6.45) is 0. The number of phenolic OH excluding ortho intramolecular Hbond substituents is 1.